The van der Waals surface area contributed by atoms with Gasteiger partial charge in [0.15, 0.2) is 39.5 Å². The van der Waals surface area contributed by atoms with Crippen molar-refractivity contribution in [2.45, 2.75) is 44.1 Å². The normalized spacial score (nSPS) is 19.5. The number of anilines is 1. The van der Waals surface area contributed by atoms with Crippen molar-refractivity contribution in [2.75, 3.05) is 44.2 Å². The van der Waals surface area contributed by atoms with Crippen LogP contribution in [0.2, 0.25) is 4.34 Å². The fourth-order valence-electron chi connectivity index (χ4n) is 6.49. The molecule has 2 amide bonds. The van der Waals surface area contributed by atoms with Crippen molar-refractivity contribution < 1.29 is 77.8 Å². The average Bonchev–Trinajstić information content (AvgIpc) is 3.88. The van der Waals surface area contributed by atoms with Gasteiger partial charge in [-0.1, -0.05) is 28.1 Å². The molecule has 0 saturated carbocycles. The van der Waals surface area contributed by atoms with Gasteiger partial charge >= 0.3 is 29.6 Å². The van der Waals surface area contributed by atoms with E-state index in [0.29, 0.717) is 29.0 Å². The Balaban J connectivity index is 0.00000561. The number of phenols is 2. The summed E-state index contributed by atoms with van der Waals surface area (Å²) in [6.45, 7) is 5.17. The minimum absolute atomic E-state index is 0. The van der Waals surface area contributed by atoms with Crippen LogP contribution in [-0.4, -0.2) is 124 Å². The van der Waals surface area contributed by atoms with Gasteiger partial charge in [-0.3, -0.25) is 19.3 Å². The number of aromatic hydroxyl groups is 2. The van der Waals surface area contributed by atoms with Gasteiger partial charge < -0.3 is 40.5 Å². The van der Waals surface area contributed by atoms with Crippen LogP contribution in [0.3, 0.4) is 0 Å². The number of quaternary nitrogens is 1. The van der Waals surface area contributed by atoms with Gasteiger partial charge in [-0.15, -0.1) is 22.0 Å². The number of benzene rings is 1. The molecule has 6 N–H and O–H groups in total. The number of nitrogens with zero attached hydrogens (tertiary/aromatic N) is 7. The number of Topliss-reactive ketones (excluding diaryl/α,β-unsaturated/α-hetero) is 1. The zero-order valence-electron chi connectivity index (χ0n) is 29.3. The summed E-state index contributed by atoms with van der Waals surface area (Å²) in [5.74, 6) is -6.18. The third-order valence-corrected chi connectivity index (χ3v) is 11.8. The van der Waals surface area contributed by atoms with E-state index in [1.807, 2.05) is 0 Å². The number of carboxylic acids is 1. The van der Waals surface area contributed by atoms with Gasteiger partial charge in [-0.2, -0.15) is 5.21 Å². The molecule has 282 valence electrons. The number of nitrogen functional groups attached to an aromatic ring is 1. The third-order valence-electron chi connectivity index (χ3n) is 9.29. The number of amides is 2. The predicted molar refractivity (Wildman–Crippen MR) is 187 cm³/mol. The summed E-state index contributed by atoms with van der Waals surface area (Å²) < 4.78 is 14.5. The minimum atomic E-state index is -1.90. The molecule has 3 aliphatic heterocycles. The second-order valence-corrected chi connectivity index (χ2v) is 16.0. The number of tetrazole rings is 1. The molecule has 2 aromatic heterocycles. The van der Waals surface area contributed by atoms with Crippen LogP contribution in [0.25, 0.3) is 5.70 Å². The summed E-state index contributed by atoms with van der Waals surface area (Å²) in [6.07, 6.45) is 1.54. The maximum atomic E-state index is 13.9. The summed E-state index contributed by atoms with van der Waals surface area (Å²) in [4.78, 5) is 62.7. The molecule has 1 aromatic carbocycles. The predicted octanol–water partition coefficient (Wildman–Crippen LogP) is -2.36. The van der Waals surface area contributed by atoms with Gasteiger partial charge in [-0.05, 0) is 31.2 Å². The number of carbonyl (C=O) groups is 4. The van der Waals surface area contributed by atoms with Gasteiger partial charge in [0.05, 0.1) is 49.1 Å². The number of thioether (sulfide) groups is 1. The van der Waals surface area contributed by atoms with Crippen molar-refractivity contribution in [3.63, 3.8) is 0 Å². The van der Waals surface area contributed by atoms with E-state index in [1.54, 1.807) is 4.90 Å². The molecule has 6 rings (SSSR count). The number of rotatable bonds is 14. The molecule has 5 heterocycles. The number of β-lactam (4-membered cyclic amide) rings is 1. The number of carboxylic acid groups (broad SMARTS) is 1. The van der Waals surface area contributed by atoms with Crippen LogP contribution in [0.4, 0.5) is 9.52 Å². The first-order valence-electron chi connectivity index (χ1n) is 16.3. The van der Waals surface area contributed by atoms with Gasteiger partial charge in [0, 0.05) is 36.2 Å². The Hall–Kier alpha value is -3.86. The van der Waals surface area contributed by atoms with Crippen LogP contribution in [-0.2, 0) is 19.2 Å². The summed E-state index contributed by atoms with van der Waals surface area (Å²) in [6, 6.07) is 1.83. The number of halogens is 2. The van der Waals surface area contributed by atoms with E-state index in [9.17, 15) is 38.9 Å². The second kappa shape index (κ2) is 16.5. The molecule has 2 saturated heterocycles. The van der Waals surface area contributed by atoms with Gasteiger partial charge in [-0.25, -0.2) is 9.37 Å². The van der Waals surface area contributed by atoms with E-state index in [2.05, 4.69) is 36.1 Å². The number of fused-ring (bicyclic) bond motifs is 1. The Morgan fingerprint density at radius 2 is 2.00 bits per heavy atom. The molecule has 3 aromatic rings. The summed E-state index contributed by atoms with van der Waals surface area (Å²) in [5.41, 5.74) is 4.60. The van der Waals surface area contributed by atoms with Gasteiger partial charge in [0.2, 0.25) is 11.7 Å². The van der Waals surface area contributed by atoms with E-state index in [-0.39, 0.29) is 80.7 Å². The molecule has 18 nitrogen and oxygen atoms in total. The third kappa shape index (κ3) is 8.36. The first-order chi connectivity index (χ1) is 25.1. The molecule has 0 aliphatic carbocycles. The number of thiazole rings is 1. The number of hydrogen-bond donors (Lipinski definition) is 5. The van der Waals surface area contributed by atoms with Crippen molar-refractivity contribution >= 4 is 74.8 Å². The fourth-order valence-corrected chi connectivity index (χ4v) is 8.82. The van der Waals surface area contributed by atoms with Crippen molar-refractivity contribution in [3.8, 4) is 11.5 Å². The number of oxime groups is 1. The number of nitrogens with one attached hydrogen (secondary N) is 2. The summed E-state index contributed by atoms with van der Waals surface area (Å²) in [7, 11) is 0. The number of aromatic amines is 1. The van der Waals surface area contributed by atoms with Crippen LogP contribution >= 0.6 is 34.7 Å². The number of ketones is 1. The Bertz CT molecular complexity index is 2000. The van der Waals surface area contributed by atoms with E-state index >= 15 is 0 Å². The van der Waals surface area contributed by atoms with Crippen molar-refractivity contribution in [1.82, 2.24) is 35.8 Å². The molecular formula is C31H34ClFN10NaO8S2+. The van der Waals surface area contributed by atoms with Gasteiger partial charge in [0.25, 0.3) is 5.91 Å². The van der Waals surface area contributed by atoms with E-state index in [4.69, 9.17) is 22.2 Å². The molecule has 2 fully saturated rings. The van der Waals surface area contributed by atoms with Crippen LogP contribution < -0.4 is 45.7 Å². The Morgan fingerprint density at radius 1 is 1.28 bits per heavy atom. The Morgan fingerprint density at radius 3 is 2.61 bits per heavy atom. The number of H-pyrrole nitrogens is 1. The van der Waals surface area contributed by atoms with E-state index in [1.165, 1.54) is 25.6 Å². The second-order valence-electron chi connectivity index (χ2n) is 13.3. The molecule has 23 heteroatoms. The Labute approximate surface area is 342 Å². The number of phenolic OH excluding ortho intramolecular Hbond substituents is 2. The van der Waals surface area contributed by atoms with Crippen LogP contribution in [0.5, 0.6) is 11.5 Å². The average molecular weight is 816 g/mol. The number of likely N-dealkylation sites (tertiary alicyclic amines) is 1. The fraction of sp³-hybridized carbons (Fsp3) is 0.452. The van der Waals surface area contributed by atoms with Crippen molar-refractivity contribution in [3.05, 3.63) is 44.9 Å². The van der Waals surface area contributed by atoms with Crippen molar-refractivity contribution in [1.29, 1.82) is 0 Å². The summed E-state index contributed by atoms with van der Waals surface area (Å²) >= 11 is 8.62. The molecule has 2 atom stereocenters. The van der Waals surface area contributed by atoms with Crippen LogP contribution in [0.15, 0.2) is 22.9 Å². The molecule has 0 bridgehead atoms. The van der Waals surface area contributed by atoms with Gasteiger partial charge in [0.1, 0.15) is 16.6 Å². The SMILES string of the molecule is CC(C)(O/N=C(\C(=O)C[C@@H]1C(=O)N2C(c3nn[nH]n3)=C(C[N+]3(CCNC(=O)c4cc(O)c(O)c(F)c4)CCCC3)CS[C@H]12)c1nc(N)sc1Cl)C(=O)[O-].[Na+]. The monoisotopic (exact) mass is 815 g/mol. The topological polar surface area (TPSA) is 262 Å². The van der Waals surface area contributed by atoms with Crippen LogP contribution in [0.1, 0.15) is 55.0 Å². The standard InChI is InChI=1S/C31H34ClFN10O8S2.Na/c1-31(2,29(49)50)51-39-20(21-24(32)53-30(34)36-21)18(44)11-16-27(48)42-22(25-37-40-41-38-25)15(13-52-28(16)42)12-43(6-3-4-7-43)8-5-35-26(47)14-9-17(33)23(46)19(45)10-14;/h9-10,16,28H,3-8,11-13H2,1-2H3,(H6-,34,35,36,37,38,39,40,41,44,45,46,47,49,50);/q;+1/t16-,28-;/m1./s1. The number of nitrogens with two attached hydrogens (primary N) is 1. The number of aromatic nitrogens is 5. The Kier molecular flexibility index (Phi) is 12.6. The maximum Gasteiger partial charge on any atom is 1.00 e. The smallest absolute Gasteiger partial charge is 0.546 e. The molecule has 0 radical (unpaired) electrons. The quantitative estimate of drug-likeness (QED) is 0.0285. The molecular weight excluding hydrogens is 782 g/mol. The number of aliphatic carboxylic acids is 1. The van der Waals surface area contributed by atoms with E-state index < -0.39 is 51.9 Å². The first-order valence-corrected chi connectivity index (χ1v) is 18.5. The van der Waals surface area contributed by atoms with Crippen molar-refractivity contribution in [2.24, 2.45) is 11.1 Å². The molecule has 0 spiro atoms. The number of hydrogen-bond acceptors (Lipinski definition) is 16. The van der Waals surface area contributed by atoms with Crippen LogP contribution in [0, 0.1) is 11.7 Å². The molecule has 3 aliphatic rings. The number of carbonyl (C=O) groups excluding carboxylic acids is 4. The summed E-state index contributed by atoms with van der Waals surface area (Å²) in [5, 5.41) is 51.4. The van der Waals surface area contributed by atoms with E-state index in [0.717, 1.165) is 55.0 Å². The zero-order chi connectivity index (χ0) is 38.2. The molecule has 54 heavy (non-hydrogen) atoms. The largest absolute Gasteiger partial charge is 1.00 e. The maximum absolute atomic E-state index is 13.9. The minimum Gasteiger partial charge on any atom is -0.546 e. The molecule has 0 unspecified atom stereocenters. The first kappa shape index (κ1) is 41.3. The zero-order valence-corrected chi connectivity index (χ0v) is 33.7.